The molecule has 168 valence electrons. The molecule has 0 aromatic heterocycles. The number of nitrogens with zero attached hydrogens (tertiary/aromatic N) is 1. The number of nitrogens with one attached hydrogen (secondary N) is 1. The molecule has 31 heavy (non-hydrogen) atoms. The summed E-state index contributed by atoms with van der Waals surface area (Å²) in [5, 5.41) is 3.65. The van der Waals surface area contributed by atoms with Gasteiger partial charge in [-0.1, -0.05) is 48.4 Å². The Bertz CT molecular complexity index is 921. The Morgan fingerprint density at radius 3 is 2.42 bits per heavy atom. The third-order valence-electron chi connectivity index (χ3n) is 4.81. The summed E-state index contributed by atoms with van der Waals surface area (Å²) < 4.78 is 5.74. The summed E-state index contributed by atoms with van der Waals surface area (Å²) in [7, 11) is 0. The normalized spacial score (nSPS) is 12.2. The van der Waals surface area contributed by atoms with E-state index in [0.717, 1.165) is 16.7 Å². The van der Waals surface area contributed by atoms with E-state index in [2.05, 4.69) is 5.32 Å². The number of amides is 2. The van der Waals surface area contributed by atoms with Gasteiger partial charge in [-0.05, 0) is 70.4 Å². The fraction of sp³-hybridized carbons (Fsp3) is 0.440. The zero-order chi connectivity index (χ0) is 23.2. The summed E-state index contributed by atoms with van der Waals surface area (Å²) in [6.07, 6.45) is 0.500. The zero-order valence-corrected chi connectivity index (χ0v) is 20.0. The van der Waals surface area contributed by atoms with E-state index in [0.29, 0.717) is 23.7 Å². The molecule has 2 amide bonds. The molecule has 1 atom stereocenters. The van der Waals surface area contributed by atoms with E-state index in [4.69, 9.17) is 16.3 Å². The summed E-state index contributed by atoms with van der Waals surface area (Å²) in [5.74, 6) is 0.154. The summed E-state index contributed by atoms with van der Waals surface area (Å²) in [4.78, 5) is 27.8. The second-order valence-corrected chi connectivity index (χ2v) is 9.28. The Morgan fingerprint density at radius 2 is 1.84 bits per heavy atom. The molecule has 0 saturated carbocycles. The molecule has 2 aromatic carbocycles. The molecule has 0 saturated heterocycles. The number of rotatable bonds is 8. The molecule has 0 aliphatic carbocycles. The Kier molecular flexibility index (Phi) is 8.52. The average Bonchev–Trinajstić information content (AvgIpc) is 2.67. The number of carbonyl (C=O) groups excluding carboxylic acids is 2. The molecule has 0 aliphatic heterocycles. The van der Waals surface area contributed by atoms with Crippen LogP contribution in [0.15, 0.2) is 42.5 Å². The van der Waals surface area contributed by atoms with Crippen molar-refractivity contribution in [3.8, 4) is 5.75 Å². The summed E-state index contributed by atoms with van der Waals surface area (Å²) >= 11 is 6.07. The maximum absolute atomic E-state index is 13.2. The number of halogens is 1. The second-order valence-electron chi connectivity index (χ2n) is 8.87. The van der Waals surface area contributed by atoms with Crippen molar-refractivity contribution in [2.24, 2.45) is 0 Å². The van der Waals surface area contributed by atoms with E-state index in [1.165, 1.54) is 0 Å². The van der Waals surface area contributed by atoms with Crippen LogP contribution in [0.2, 0.25) is 5.02 Å². The predicted octanol–water partition coefficient (Wildman–Crippen LogP) is 5.06. The molecular formula is C25H33ClN2O3. The molecule has 1 unspecified atom stereocenters. The lowest BCUT2D eigenvalue weighted by atomic mass is 10.1. The Balaban J connectivity index is 2.24. The van der Waals surface area contributed by atoms with Crippen molar-refractivity contribution in [2.75, 3.05) is 6.61 Å². The average molecular weight is 445 g/mol. The Labute approximate surface area is 190 Å². The van der Waals surface area contributed by atoms with Gasteiger partial charge >= 0.3 is 0 Å². The first kappa shape index (κ1) is 24.7. The first-order valence-corrected chi connectivity index (χ1v) is 10.9. The Morgan fingerprint density at radius 1 is 1.13 bits per heavy atom. The lowest BCUT2D eigenvalue weighted by Gasteiger charge is -2.33. The van der Waals surface area contributed by atoms with Gasteiger partial charge in [0.05, 0.1) is 0 Å². The van der Waals surface area contributed by atoms with Gasteiger partial charge in [0.2, 0.25) is 5.91 Å². The van der Waals surface area contributed by atoms with Crippen LogP contribution >= 0.6 is 11.6 Å². The van der Waals surface area contributed by atoms with Crippen LogP contribution in [0, 0.1) is 13.8 Å². The largest absolute Gasteiger partial charge is 0.484 e. The molecule has 0 fully saturated rings. The minimum atomic E-state index is -0.595. The zero-order valence-electron chi connectivity index (χ0n) is 19.3. The van der Waals surface area contributed by atoms with Crippen LogP contribution in [0.5, 0.6) is 5.75 Å². The highest BCUT2D eigenvalue weighted by Crippen LogP contribution is 2.21. The molecule has 6 heteroatoms. The highest BCUT2D eigenvalue weighted by atomic mass is 35.5. The topological polar surface area (TPSA) is 58.6 Å². The molecule has 2 aromatic rings. The third-order valence-corrected chi connectivity index (χ3v) is 5.24. The first-order chi connectivity index (χ1) is 14.5. The smallest absolute Gasteiger partial charge is 0.261 e. The molecule has 5 nitrogen and oxygen atoms in total. The molecular weight excluding hydrogens is 412 g/mol. The fourth-order valence-corrected chi connectivity index (χ4v) is 3.43. The van der Waals surface area contributed by atoms with Crippen molar-refractivity contribution in [2.45, 2.75) is 66.1 Å². The van der Waals surface area contributed by atoms with Crippen molar-refractivity contribution in [3.63, 3.8) is 0 Å². The second kappa shape index (κ2) is 10.7. The maximum atomic E-state index is 13.2. The lowest BCUT2D eigenvalue weighted by molar-refractivity contribution is -0.143. The van der Waals surface area contributed by atoms with Crippen molar-refractivity contribution >= 4 is 23.4 Å². The number of benzene rings is 2. The molecule has 0 aliphatic rings. The van der Waals surface area contributed by atoms with Crippen LogP contribution in [0.25, 0.3) is 0 Å². The maximum Gasteiger partial charge on any atom is 0.261 e. The lowest BCUT2D eigenvalue weighted by Crippen LogP contribution is -2.54. The van der Waals surface area contributed by atoms with E-state index in [-0.39, 0.29) is 24.0 Å². The van der Waals surface area contributed by atoms with Crippen LogP contribution in [0.3, 0.4) is 0 Å². The van der Waals surface area contributed by atoms with Gasteiger partial charge in [0.1, 0.15) is 11.8 Å². The summed E-state index contributed by atoms with van der Waals surface area (Å²) in [5.41, 5.74) is 2.56. The van der Waals surface area contributed by atoms with Crippen molar-refractivity contribution in [3.05, 3.63) is 64.2 Å². The van der Waals surface area contributed by atoms with Crippen molar-refractivity contribution < 1.29 is 14.3 Å². The van der Waals surface area contributed by atoms with Gasteiger partial charge in [-0.2, -0.15) is 0 Å². The molecule has 0 heterocycles. The molecule has 1 N–H and O–H groups in total. The predicted molar refractivity (Wildman–Crippen MR) is 125 cm³/mol. The van der Waals surface area contributed by atoms with Crippen molar-refractivity contribution in [1.82, 2.24) is 10.2 Å². The highest BCUT2D eigenvalue weighted by molar-refractivity contribution is 6.31. The van der Waals surface area contributed by atoms with Crippen LogP contribution in [-0.2, 0) is 16.1 Å². The van der Waals surface area contributed by atoms with E-state index >= 15 is 0 Å². The summed E-state index contributed by atoms with van der Waals surface area (Å²) in [6, 6.07) is 12.6. The number of ether oxygens (including phenoxy) is 1. The first-order valence-electron chi connectivity index (χ1n) is 10.6. The van der Waals surface area contributed by atoms with Crippen LogP contribution in [0.4, 0.5) is 0 Å². The molecule has 0 bridgehead atoms. The van der Waals surface area contributed by atoms with Gasteiger partial charge in [-0.3, -0.25) is 9.59 Å². The standard InChI is InChI=1S/C25H33ClN2O3/c1-7-22(24(30)27-25(4,5)6)28(15-19-10-8-9-17(2)13-19)23(29)16-31-20-11-12-21(26)18(3)14-20/h8-14,22H,7,15-16H2,1-6H3,(H,27,30). The minimum Gasteiger partial charge on any atom is -0.484 e. The SMILES string of the molecule is CCC(C(=O)NC(C)(C)C)N(Cc1cccc(C)c1)C(=O)COc1ccc(Cl)c(C)c1. The van der Waals surface area contributed by atoms with Gasteiger partial charge in [-0.25, -0.2) is 0 Å². The van der Waals surface area contributed by atoms with Crippen LogP contribution < -0.4 is 10.1 Å². The Hall–Kier alpha value is -2.53. The highest BCUT2D eigenvalue weighted by Gasteiger charge is 2.30. The molecule has 2 rings (SSSR count). The van der Waals surface area contributed by atoms with E-state index < -0.39 is 6.04 Å². The monoisotopic (exact) mass is 444 g/mol. The quantitative estimate of drug-likeness (QED) is 0.619. The number of carbonyl (C=O) groups is 2. The van der Waals surface area contributed by atoms with Crippen LogP contribution in [-0.4, -0.2) is 34.9 Å². The molecule has 0 radical (unpaired) electrons. The third kappa shape index (κ3) is 7.59. The van der Waals surface area contributed by atoms with Gasteiger partial charge in [0, 0.05) is 17.1 Å². The van der Waals surface area contributed by atoms with Crippen LogP contribution in [0.1, 0.15) is 50.8 Å². The minimum absolute atomic E-state index is 0.161. The number of aryl methyl sites for hydroxylation is 2. The van der Waals surface area contributed by atoms with Gasteiger partial charge in [-0.15, -0.1) is 0 Å². The van der Waals surface area contributed by atoms with E-state index in [9.17, 15) is 9.59 Å². The number of hydrogen-bond donors (Lipinski definition) is 1. The van der Waals surface area contributed by atoms with E-state index in [1.807, 2.05) is 65.8 Å². The van der Waals surface area contributed by atoms with E-state index in [1.54, 1.807) is 23.1 Å². The van der Waals surface area contributed by atoms with Crippen molar-refractivity contribution in [1.29, 1.82) is 0 Å². The fourth-order valence-electron chi connectivity index (χ4n) is 3.31. The number of hydrogen-bond acceptors (Lipinski definition) is 3. The summed E-state index contributed by atoms with van der Waals surface area (Å²) in [6.45, 7) is 11.7. The molecule has 0 spiro atoms. The van der Waals surface area contributed by atoms with Gasteiger partial charge in [0.25, 0.3) is 5.91 Å². The van der Waals surface area contributed by atoms with Gasteiger partial charge in [0.15, 0.2) is 6.61 Å². The van der Waals surface area contributed by atoms with Gasteiger partial charge < -0.3 is 15.0 Å².